The van der Waals surface area contributed by atoms with Crippen molar-refractivity contribution in [1.82, 2.24) is 0 Å². The average Bonchev–Trinajstić information content (AvgIpc) is 2.79. The predicted octanol–water partition coefficient (Wildman–Crippen LogP) is -6.55. The lowest BCUT2D eigenvalue weighted by Gasteiger charge is -2.48. The van der Waals surface area contributed by atoms with Crippen molar-refractivity contribution >= 4 is 0 Å². The number of aliphatic hydroxyl groups is 10. The lowest BCUT2D eigenvalue weighted by atomic mass is 9.96. The Morgan fingerprint density at radius 3 is 1.61 bits per heavy atom. The first kappa shape index (κ1) is 27.0. The van der Waals surface area contributed by atoms with E-state index in [-0.39, 0.29) is 0 Å². The van der Waals surface area contributed by atoms with Crippen LogP contribution in [0.1, 0.15) is 6.92 Å². The van der Waals surface area contributed by atoms with Gasteiger partial charge in [0.1, 0.15) is 67.1 Å². The van der Waals surface area contributed by atoms with Crippen LogP contribution in [0.15, 0.2) is 0 Å². The van der Waals surface area contributed by atoms with Crippen LogP contribution in [0.2, 0.25) is 0 Å². The largest absolute Gasteiger partial charge is 0.394 e. The van der Waals surface area contributed by atoms with Crippen molar-refractivity contribution in [3.63, 3.8) is 0 Å². The first-order valence-corrected chi connectivity index (χ1v) is 10.4. The Hall–Kier alpha value is -0.600. The molecule has 194 valence electrons. The van der Waals surface area contributed by atoms with Gasteiger partial charge < -0.3 is 74.7 Å². The molecule has 0 spiro atoms. The molecule has 10 N–H and O–H groups in total. The molecule has 0 amide bonds. The van der Waals surface area contributed by atoms with Crippen LogP contribution in [-0.4, -0.2) is 156 Å². The van der Waals surface area contributed by atoms with Crippen LogP contribution in [0, 0.1) is 0 Å². The van der Waals surface area contributed by atoms with Gasteiger partial charge in [0.25, 0.3) is 0 Å². The number of hydrogen-bond acceptors (Lipinski definition) is 15. The molecule has 0 aromatic rings. The second kappa shape index (κ2) is 11.0. The van der Waals surface area contributed by atoms with Gasteiger partial charge in [-0.3, -0.25) is 0 Å². The molecular weight excluding hydrogens is 456 g/mol. The molecule has 0 saturated carbocycles. The highest BCUT2D eigenvalue weighted by Gasteiger charge is 2.53. The second-order valence-corrected chi connectivity index (χ2v) is 8.32. The predicted molar refractivity (Wildman–Crippen MR) is 99.8 cm³/mol. The molecule has 3 fully saturated rings. The van der Waals surface area contributed by atoms with Gasteiger partial charge in [0, 0.05) is 0 Å². The van der Waals surface area contributed by atoms with Gasteiger partial charge in [0.05, 0.1) is 19.3 Å². The van der Waals surface area contributed by atoms with Crippen LogP contribution in [0.3, 0.4) is 0 Å². The molecular formula is C18H32O15. The Balaban J connectivity index is 1.82. The van der Waals surface area contributed by atoms with E-state index in [4.69, 9.17) is 23.7 Å². The van der Waals surface area contributed by atoms with Crippen molar-refractivity contribution in [3.8, 4) is 0 Å². The minimum Gasteiger partial charge on any atom is -0.394 e. The fourth-order valence-corrected chi connectivity index (χ4v) is 3.97. The first-order chi connectivity index (χ1) is 15.5. The van der Waals surface area contributed by atoms with Gasteiger partial charge in [-0.05, 0) is 6.92 Å². The number of ether oxygens (including phenoxy) is 5. The number of rotatable bonds is 6. The van der Waals surface area contributed by atoms with Gasteiger partial charge in [-0.1, -0.05) is 0 Å². The van der Waals surface area contributed by atoms with Crippen LogP contribution in [0.25, 0.3) is 0 Å². The Bertz CT molecular complexity index is 624. The molecule has 15 atom stereocenters. The maximum Gasteiger partial charge on any atom is 0.187 e. The van der Waals surface area contributed by atoms with Gasteiger partial charge in [0.2, 0.25) is 0 Å². The number of aliphatic hydroxyl groups excluding tert-OH is 10. The van der Waals surface area contributed by atoms with Gasteiger partial charge in [-0.25, -0.2) is 0 Å². The highest BCUT2D eigenvalue weighted by molar-refractivity contribution is 4.96. The zero-order valence-electron chi connectivity index (χ0n) is 17.6. The van der Waals surface area contributed by atoms with Crippen molar-refractivity contribution in [3.05, 3.63) is 0 Å². The monoisotopic (exact) mass is 488 g/mol. The summed E-state index contributed by atoms with van der Waals surface area (Å²) in [5, 5.41) is 100.0. The lowest BCUT2D eigenvalue weighted by Crippen LogP contribution is -2.66. The molecule has 15 nitrogen and oxygen atoms in total. The van der Waals surface area contributed by atoms with E-state index >= 15 is 0 Å². The molecule has 3 aliphatic heterocycles. The summed E-state index contributed by atoms with van der Waals surface area (Å²) in [6, 6.07) is 0. The third-order valence-electron chi connectivity index (χ3n) is 6.06. The normalized spacial score (nSPS) is 53.7. The van der Waals surface area contributed by atoms with Gasteiger partial charge in [0.15, 0.2) is 18.9 Å². The van der Waals surface area contributed by atoms with Gasteiger partial charge in [-0.15, -0.1) is 0 Å². The molecule has 3 aliphatic rings. The Labute approximate surface area is 187 Å². The Kier molecular flexibility index (Phi) is 8.99. The average molecular weight is 488 g/mol. The van der Waals surface area contributed by atoms with Crippen LogP contribution in [-0.2, 0) is 23.7 Å². The maximum atomic E-state index is 10.6. The third kappa shape index (κ3) is 5.32. The van der Waals surface area contributed by atoms with E-state index in [2.05, 4.69) is 0 Å². The maximum absolute atomic E-state index is 10.6. The zero-order valence-corrected chi connectivity index (χ0v) is 17.6. The minimum atomic E-state index is -1.88. The van der Waals surface area contributed by atoms with Crippen LogP contribution in [0.5, 0.6) is 0 Å². The van der Waals surface area contributed by atoms with E-state index < -0.39 is 105 Å². The fourth-order valence-electron chi connectivity index (χ4n) is 3.97. The molecule has 1 unspecified atom stereocenters. The van der Waals surface area contributed by atoms with Gasteiger partial charge >= 0.3 is 0 Å². The summed E-state index contributed by atoms with van der Waals surface area (Å²) in [7, 11) is 0. The van der Waals surface area contributed by atoms with Crippen molar-refractivity contribution < 1.29 is 74.7 Å². The minimum absolute atomic E-state index is 0.747. The molecule has 33 heavy (non-hydrogen) atoms. The van der Waals surface area contributed by atoms with Crippen molar-refractivity contribution in [2.75, 3.05) is 13.2 Å². The van der Waals surface area contributed by atoms with Crippen molar-refractivity contribution in [1.29, 1.82) is 0 Å². The summed E-state index contributed by atoms with van der Waals surface area (Å²) < 4.78 is 26.7. The van der Waals surface area contributed by atoms with Gasteiger partial charge in [-0.2, -0.15) is 0 Å². The summed E-state index contributed by atoms with van der Waals surface area (Å²) in [5.41, 5.74) is 0. The standard InChI is InChI=1S/C18H32O15/c1-4-7(21)10(24)12(26)17(29-4)33-15-14(9(23)6(3-20)30-16(15)28)32-18-13(27)11(25)8(22)5(2-19)31-18/h4-28H,2-3H2,1H3/t4-,5+,6+,7-,8+,9-,10+,11-,12+,13+,14-,15+,16?,17-,18-/m0/s1. The van der Waals surface area contributed by atoms with Crippen LogP contribution >= 0.6 is 0 Å². The molecule has 0 radical (unpaired) electrons. The fraction of sp³-hybridized carbons (Fsp3) is 1.00. The summed E-state index contributed by atoms with van der Waals surface area (Å²) in [6.45, 7) is -0.115. The quantitative estimate of drug-likeness (QED) is 0.167. The third-order valence-corrected chi connectivity index (χ3v) is 6.06. The summed E-state index contributed by atoms with van der Waals surface area (Å²) in [4.78, 5) is 0. The molecule has 3 rings (SSSR count). The lowest BCUT2D eigenvalue weighted by molar-refractivity contribution is -0.386. The molecule has 15 heteroatoms. The summed E-state index contributed by atoms with van der Waals surface area (Å²) in [5.74, 6) is 0. The van der Waals surface area contributed by atoms with E-state index in [1.54, 1.807) is 0 Å². The molecule has 0 bridgehead atoms. The smallest absolute Gasteiger partial charge is 0.187 e. The second-order valence-electron chi connectivity index (χ2n) is 8.32. The zero-order chi connectivity index (χ0) is 24.6. The van der Waals surface area contributed by atoms with E-state index in [9.17, 15) is 51.1 Å². The number of hydrogen-bond donors (Lipinski definition) is 10. The molecule has 0 aliphatic carbocycles. The van der Waals surface area contributed by atoms with E-state index in [0.717, 1.165) is 0 Å². The topological polar surface area (TPSA) is 248 Å². The summed E-state index contributed by atoms with van der Waals surface area (Å²) in [6.07, 6.45) is -24.1. The highest BCUT2D eigenvalue weighted by atomic mass is 16.8. The molecule has 0 aromatic heterocycles. The van der Waals surface area contributed by atoms with E-state index in [1.807, 2.05) is 0 Å². The Morgan fingerprint density at radius 1 is 0.545 bits per heavy atom. The van der Waals surface area contributed by atoms with Crippen LogP contribution in [0.4, 0.5) is 0 Å². The van der Waals surface area contributed by atoms with E-state index in [1.165, 1.54) is 6.92 Å². The molecule has 3 saturated heterocycles. The molecule has 0 aromatic carbocycles. The first-order valence-electron chi connectivity index (χ1n) is 10.4. The van der Waals surface area contributed by atoms with E-state index in [0.29, 0.717) is 0 Å². The molecule has 3 heterocycles. The van der Waals surface area contributed by atoms with Crippen LogP contribution < -0.4 is 0 Å². The van der Waals surface area contributed by atoms with Crippen molar-refractivity contribution in [2.24, 2.45) is 0 Å². The SMILES string of the molecule is C[C@@H]1O[C@@H](O[C@H]2C(O)O[C@H](CO)[C@H](O)[C@@H]2O[C@@H]2O[C@H](CO)[C@@H](O)[C@H](O)[C@H]2O)[C@H](O)[C@H](O)[C@H]1O. The van der Waals surface area contributed by atoms with Crippen molar-refractivity contribution in [2.45, 2.75) is 99.0 Å². The highest BCUT2D eigenvalue weighted by Crippen LogP contribution is 2.32. The summed E-state index contributed by atoms with van der Waals surface area (Å²) >= 11 is 0. The Morgan fingerprint density at radius 2 is 1.03 bits per heavy atom.